The van der Waals surface area contributed by atoms with Gasteiger partial charge in [0.1, 0.15) is 0 Å². The predicted molar refractivity (Wildman–Crippen MR) is 59.8 cm³/mol. The molecule has 0 aliphatic rings. The summed E-state index contributed by atoms with van der Waals surface area (Å²) in [6.07, 6.45) is 4.88. The molecule has 0 aliphatic heterocycles. The van der Waals surface area contributed by atoms with Crippen molar-refractivity contribution >= 4 is 17.3 Å². The Morgan fingerprint density at radius 1 is 1.57 bits per heavy atom. The molecule has 2 heterocycles. The third kappa shape index (κ3) is 1.96. The first-order valence-electron chi connectivity index (χ1n) is 4.60. The number of imidazole rings is 1. The van der Waals surface area contributed by atoms with Crippen LogP contribution in [0.25, 0.3) is 0 Å². The number of aromatic nitrogens is 2. The van der Waals surface area contributed by atoms with Gasteiger partial charge in [-0.05, 0) is 28.8 Å². The van der Waals surface area contributed by atoms with E-state index in [1.807, 2.05) is 19.4 Å². The number of anilines is 1. The van der Waals surface area contributed by atoms with E-state index >= 15 is 0 Å². The Balaban J connectivity index is 1.98. The third-order valence-corrected chi connectivity index (χ3v) is 2.89. The largest absolute Gasteiger partial charge is 0.359 e. The number of aryl methyl sites for hydroxylation is 2. The molecule has 0 aromatic carbocycles. The van der Waals surface area contributed by atoms with Gasteiger partial charge in [-0.1, -0.05) is 0 Å². The second-order valence-corrected chi connectivity index (χ2v) is 3.86. The molecule has 0 atom stereocenters. The van der Waals surface area contributed by atoms with Gasteiger partial charge in [0.25, 0.3) is 0 Å². The van der Waals surface area contributed by atoms with Gasteiger partial charge in [-0.15, -0.1) is 0 Å². The van der Waals surface area contributed by atoms with Crippen LogP contribution in [-0.4, -0.2) is 16.6 Å². The first-order valence-corrected chi connectivity index (χ1v) is 5.54. The average Bonchev–Trinajstić information content (AvgIpc) is 2.85. The van der Waals surface area contributed by atoms with Crippen LogP contribution in [0.2, 0.25) is 0 Å². The molecule has 0 saturated carbocycles. The van der Waals surface area contributed by atoms with E-state index in [0.29, 0.717) is 0 Å². The average molecular weight is 207 g/mol. The van der Waals surface area contributed by atoms with E-state index in [0.717, 1.165) is 18.9 Å². The van der Waals surface area contributed by atoms with Crippen molar-refractivity contribution in [2.45, 2.75) is 13.0 Å². The van der Waals surface area contributed by atoms with Crippen molar-refractivity contribution in [3.8, 4) is 0 Å². The second kappa shape index (κ2) is 4.28. The normalized spacial score (nSPS) is 10.4. The van der Waals surface area contributed by atoms with Crippen molar-refractivity contribution in [1.29, 1.82) is 0 Å². The second-order valence-electron chi connectivity index (χ2n) is 3.08. The maximum Gasteiger partial charge on any atom is 0.202 e. The zero-order valence-corrected chi connectivity index (χ0v) is 8.92. The quantitative estimate of drug-likeness (QED) is 0.833. The topological polar surface area (TPSA) is 29.9 Å². The van der Waals surface area contributed by atoms with E-state index in [1.54, 1.807) is 11.3 Å². The van der Waals surface area contributed by atoms with E-state index < -0.39 is 0 Å². The SMILES string of the molecule is CNc1nccn1CCc1ccsc1. The monoisotopic (exact) mass is 207 g/mol. The van der Waals surface area contributed by atoms with E-state index in [-0.39, 0.29) is 0 Å². The highest BCUT2D eigenvalue weighted by Gasteiger charge is 2.00. The summed E-state index contributed by atoms with van der Waals surface area (Å²) in [6, 6.07) is 2.17. The minimum absolute atomic E-state index is 0.931. The van der Waals surface area contributed by atoms with Crippen LogP contribution in [0.3, 0.4) is 0 Å². The fraction of sp³-hybridized carbons (Fsp3) is 0.300. The molecular formula is C10H13N3S. The van der Waals surface area contributed by atoms with Gasteiger partial charge in [0, 0.05) is 26.0 Å². The van der Waals surface area contributed by atoms with Gasteiger partial charge in [-0.2, -0.15) is 11.3 Å². The first kappa shape index (κ1) is 9.27. The molecule has 0 fully saturated rings. The molecule has 0 saturated heterocycles. The molecule has 0 amide bonds. The van der Waals surface area contributed by atoms with Crippen LogP contribution < -0.4 is 5.32 Å². The third-order valence-electron chi connectivity index (χ3n) is 2.16. The van der Waals surface area contributed by atoms with E-state index in [1.165, 1.54) is 5.56 Å². The van der Waals surface area contributed by atoms with Crippen LogP contribution in [-0.2, 0) is 13.0 Å². The van der Waals surface area contributed by atoms with Gasteiger partial charge < -0.3 is 9.88 Å². The molecule has 0 unspecified atom stereocenters. The van der Waals surface area contributed by atoms with Crippen LogP contribution in [0.1, 0.15) is 5.56 Å². The van der Waals surface area contributed by atoms with Crippen LogP contribution in [0.4, 0.5) is 5.95 Å². The number of thiophene rings is 1. The molecule has 3 nitrogen and oxygen atoms in total. The summed E-state index contributed by atoms with van der Waals surface area (Å²) < 4.78 is 2.12. The van der Waals surface area contributed by atoms with E-state index in [4.69, 9.17) is 0 Å². The Morgan fingerprint density at radius 2 is 2.50 bits per heavy atom. The Hall–Kier alpha value is -1.29. The number of nitrogens with one attached hydrogen (secondary N) is 1. The van der Waals surface area contributed by atoms with Gasteiger partial charge >= 0.3 is 0 Å². The molecule has 74 valence electrons. The van der Waals surface area contributed by atoms with Gasteiger partial charge in [0.15, 0.2) is 0 Å². The molecule has 1 N–H and O–H groups in total. The molecular weight excluding hydrogens is 194 g/mol. The minimum Gasteiger partial charge on any atom is -0.359 e. The Bertz CT molecular complexity index is 378. The summed E-state index contributed by atoms with van der Waals surface area (Å²) in [4.78, 5) is 4.19. The number of nitrogens with zero attached hydrogens (tertiary/aromatic N) is 2. The smallest absolute Gasteiger partial charge is 0.202 e. The molecule has 4 heteroatoms. The Kier molecular flexibility index (Phi) is 2.84. The van der Waals surface area contributed by atoms with Crippen molar-refractivity contribution in [3.05, 3.63) is 34.8 Å². The van der Waals surface area contributed by atoms with Crippen LogP contribution in [0.5, 0.6) is 0 Å². The van der Waals surface area contributed by atoms with E-state index in [9.17, 15) is 0 Å². The van der Waals surface area contributed by atoms with Crippen LogP contribution in [0.15, 0.2) is 29.2 Å². The molecule has 2 rings (SSSR count). The highest BCUT2D eigenvalue weighted by Crippen LogP contribution is 2.09. The summed E-state index contributed by atoms with van der Waals surface area (Å²) in [5.41, 5.74) is 1.39. The van der Waals surface area contributed by atoms with Crippen molar-refractivity contribution in [1.82, 2.24) is 9.55 Å². The van der Waals surface area contributed by atoms with Crippen molar-refractivity contribution in [2.75, 3.05) is 12.4 Å². The molecule has 2 aromatic heterocycles. The maximum absolute atomic E-state index is 4.19. The number of rotatable bonds is 4. The number of hydrogen-bond acceptors (Lipinski definition) is 3. The van der Waals surface area contributed by atoms with E-state index in [2.05, 4.69) is 31.7 Å². The Labute approximate surface area is 87.4 Å². The molecule has 0 aliphatic carbocycles. The maximum atomic E-state index is 4.19. The molecule has 0 spiro atoms. The zero-order valence-electron chi connectivity index (χ0n) is 8.10. The molecule has 14 heavy (non-hydrogen) atoms. The summed E-state index contributed by atoms with van der Waals surface area (Å²) in [6.45, 7) is 0.979. The highest BCUT2D eigenvalue weighted by molar-refractivity contribution is 7.07. The number of hydrogen-bond donors (Lipinski definition) is 1. The molecule has 2 aromatic rings. The van der Waals surface area contributed by atoms with Gasteiger partial charge in [-0.25, -0.2) is 4.98 Å². The fourth-order valence-corrected chi connectivity index (χ4v) is 2.11. The summed E-state index contributed by atoms with van der Waals surface area (Å²) in [5, 5.41) is 7.36. The standard InChI is InChI=1S/C10H13N3S/c1-11-10-12-4-6-13(10)5-2-9-3-7-14-8-9/h3-4,6-8H,2,5H2,1H3,(H,11,12). The minimum atomic E-state index is 0.931. The summed E-state index contributed by atoms with van der Waals surface area (Å²) >= 11 is 1.75. The van der Waals surface area contributed by atoms with Crippen molar-refractivity contribution in [2.24, 2.45) is 0 Å². The van der Waals surface area contributed by atoms with Gasteiger partial charge in [0.05, 0.1) is 0 Å². The van der Waals surface area contributed by atoms with Crippen LogP contribution in [0, 0.1) is 0 Å². The van der Waals surface area contributed by atoms with Gasteiger partial charge in [0.2, 0.25) is 5.95 Å². The zero-order chi connectivity index (χ0) is 9.80. The molecule has 0 radical (unpaired) electrons. The molecule has 0 bridgehead atoms. The van der Waals surface area contributed by atoms with Crippen molar-refractivity contribution < 1.29 is 0 Å². The first-order chi connectivity index (χ1) is 6.90. The van der Waals surface area contributed by atoms with Crippen LogP contribution >= 0.6 is 11.3 Å². The Morgan fingerprint density at radius 3 is 3.21 bits per heavy atom. The predicted octanol–water partition coefficient (Wildman–Crippen LogP) is 2.23. The van der Waals surface area contributed by atoms with Gasteiger partial charge in [-0.3, -0.25) is 0 Å². The lowest BCUT2D eigenvalue weighted by molar-refractivity contribution is 0.704. The lowest BCUT2D eigenvalue weighted by Gasteiger charge is -2.05. The lowest BCUT2D eigenvalue weighted by atomic mass is 10.2. The van der Waals surface area contributed by atoms with Crippen molar-refractivity contribution in [3.63, 3.8) is 0 Å². The highest BCUT2D eigenvalue weighted by atomic mass is 32.1. The fourth-order valence-electron chi connectivity index (χ4n) is 1.40. The summed E-state index contributed by atoms with van der Waals surface area (Å²) in [7, 11) is 1.89. The lowest BCUT2D eigenvalue weighted by Crippen LogP contribution is -2.04. The summed E-state index contributed by atoms with van der Waals surface area (Å²) in [5.74, 6) is 0.931.